The van der Waals surface area contributed by atoms with Crippen molar-refractivity contribution in [3.8, 4) is 17.0 Å². The topological polar surface area (TPSA) is 35.0 Å². The Bertz CT molecular complexity index is 563. The van der Waals surface area contributed by atoms with Crippen molar-refractivity contribution in [1.29, 1.82) is 0 Å². The first kappa shape index (κ1) is 12.1. The Morgan fingerprint density at radius 3 is 2.71 bits per heavy atom. The Kier molecular flexibility index (Phi) is 3.45. The third kappa shape index (κ3) is 2.33. The number of halogens is 3. The Labute approximate surface area is 107 Å². The van der Waals surface area contributed by atoms with E-state index in [-0.39, 0.29) is 10.8 Å². The first-order valence-corrected chi connectivity index (χ1v) is 5.39. The SMILES string of the molecule is COc1ccc(Cl)cc1-c1ncnc(Cl)c1F. The fourth-order valence-corrected chi connectivity index (χ4v) is 1.71. The summed E-state index contributed by atoms with van der Waals surface area (Å²) >= 11 is 11.5. The van der Waals surface area contributed by atoms with Crippen LogP contribution in [0.15, 0.2) is 24.5 Å². The fraction of sp³-hybridized carbons (Fsp3) is 0.0909. The lowest BCUT2D eigenvalue weighted by Gasteiger charge is -2.09. The molecule has 0 spiro atoms. The first-order chi connectivity index (χ1) is 8.13. The lowest BCUT2D eigenvalue weighted by atomic mass is 10.1. The minimum atomic E-state index is -0.699. The summed E-state index contributed by atoms with van der Waals surface area (Å²) in [5.74, 6) is -0.238. The van der Waals surface area contributed by atoms with Gasteiger partial charge in [-0.05, 0) is 18.2 Å². The van der Waals surface area contributed by atoms with Crippen LogP contribution >= 0.6 is 23.2 Å². The molecule has 88 valence electrons. The summed E-state index contributed by atoms with van der Waals surface area (Å²) in [6, 6.07) is 4.83. The van der Waals surface area contributed by atoms with Gasteiger partial charge in [-0.2, -0.15) is 0 Å². The highest BCUT2D eigenvalue weighted by molar-refractivity contribution is 6.31. The van der Waals surface area contributed by atoms with Crippen molar-refractivity contribution < 1.29 is 9.13 Å². The first-order valence-electron chi connectivity index (χ1n) is 4.63. The van der Waals surface area contributed by atoms with Crippen LogP contribution in [0.4, 0.5) is 4.39 Å². The highest BCUT2D eigenvalue weighted by atomic mass is 35.5. The van der Waals surface area contributed by atoms with Crippen molar-refractivity contribution in [2.75, 3.05) is 7.11 Å². The molecule has 0 saturated carbocycles. The van der Waals surface area contributed by atoms with Gasteiger partial charge in [-0.15, -0.1) is 0 Å². The highest BCUT2D eigenvalue weighted by Gasteiger charge is 2.15. The van der Waals surface area contributed by atoms with Gasteiger partial charge in [0.2, 0.25) is 0 Å². The van der Waals surface area contributed by atoms with E-state index in [1.165, 1.54) is 13.4 Å². The third-order valence-corrected chi connectivity index (χ3v) is 2.66. The zero-order valence-corrected chi connectivity index (χ0v) is 10.3. The Hall–Kier alpha value is -1.39. The molecule has 17 heavy (non-hydrogen) atoms. The number of benzene rings is 1. The summed E-state index contributed by atoms with van der Waals surface area (Å²) in [5, 5.41) is 0.215. The average Bonchev–Trinajstić information content (AvgIpc) is 2.33. The number of hydrogen-bond donors (Lipinski definition) is 0. The maximum Gasteiger partial charge on any atom is 0.186 e. The second-order valence-electron chi connectivity index (χ2n) is 3.17. The number of methoxy groups -OCH3 is 1. The minimum absolute atomic E-state index is 0.0596. The summed E-state index contributed by atoms with van der Waals surface area (Å²) in [6.07, 6.45) is 1.18. The Morgan fingerprint density at radius 2 is 2.00 bits per heavy atom. The molecule has 0 bridgehead atoms. The van der Waals surface area contributed by atoms with Crippen molar-refractivity contribution in [3.63, 3.8) is 0 Å². The monoisotopic (exact) mass is 272 g/mol. The smallest absolute Gasteiger partial charge is 0.186 e. The normalized spacial score (nSPS) is 10.4. The van der Waals surface area contributed by atoms with E-state index in [1.54, 1.807) is 18.2 Å². The molecule has 2 rings (SSSR count). The van der Waals surface area contributed by atoms with Crippen molar-refractivity contribution in [2.24, 2.45) is 0 Å². The maximum absolute atomic E-state index is 13.8. The maximum atomic E-state index is 13.8. The quantitative estimate of drug-likeness (QED) is 0.784. The zero-order valence-electron chi connectivity index (χ0n) is 8.75. The van der Waals surface area contributed by atoms with Crippen LogP contribution in [0, 0.1) is 5.82 Å². The van der Waals surface area contributed by atoms with Gasteiger partial charge in [-0.3, -0.25) is 0 Å². The van der Waals surface area contributed by atoms with Gasteiger partial charge in [-0.1, -0.05) is 23.2 Å². The van der Waals surface area contributed by atoms with Crippen LogP contribution in [-0.2, 0) is 0 Å². The van der Waals surface area contributed by atoms with Crippen molar-refractivity contribution in [2.45, 2.75) is 0 Å². The van der Waals surface area contributed by atoms with Gasteiger partial charge < -0.3 is 4.74 Å². The third-order valence-electron chi connectivity index (χ3n) is 2.16. The molecule has 0 aliphatic heterocycles. The second kappa shape index (κ2) is 4.85. The van der Waals surface area contributed by atoms with Gasteiger partial charge in [0.05, 0.1) is 7.11 Å². The molecule has 0 saturated heterocycles. The van der Waals surface area contributed by atoms with Crippen molar-refractivity contribution in [3.05, 3.63) is 40.5 Å². The van der Waals surface area contributed by atoms with E-state index in [0.29, 0.717) is 16.3 Å². The number of rotatable bonds is 2. The predicted molar refractivity (Wildman–Crippen MR) is 64.0 cm³/mol. The molecule has 0 N–H and O–H groups in total. The average molecular weight is 273 g/mol. The van der Waals surface area contributed by atoms with E-state index in [1.807, 2.05) is 0 Å². The summed E-state index contributed by atoms with van der Waals surface area (Å²) < 4.78 is 18.9. The molecular weight excluding hydrogens is 266 g/mol. The van der Waals surface area contributed by atoms with Gasteiger partial charge in [0.1, 0.15) is 17.8 Å². The molecule has 0 atom stereocenters. The number of ether oxygens (including phenoxy) is 1. The molecule has 2 aromatic rings. The molecule has 0 unspecified atom stereocenters. The largest absolute Gasteiger partial charge is 0.496 e. The van der Waals surface area contributed by atoms with Gasteiger partial charge in [-0.25, -0.2) is 14.4 Å². The van der Waals surface area contributed by atoms with Gasteiger partial charge in [0, 0.05) is 10.6 Å². The standard InChI is InChI=1S/C11H7Cl2FN2O/c1-17-8-3-2-6(12)4-7(8)10-9(14)11(13)16-5-15-10/h2-5H,1H3. The van der Waals surface area contributed by atoms with E-state index in [0.717, 1.165) is 0 Å². The summed E-state index contributed by atoms with van der Waals surface area (Å²) in [7, 11) is 1.48. The highest BCUT2D eigenvalue weighted by Crippen LogP contribution is 2.33. The molecule has 0 radical (unpaired) electrons. The number of aromatic nitrogens is 2. The fourth-order valence-electron chi connectivity index (χ4n) is 1.40. The molecule has 0 aliphatic carbocycles. The zero-order chi connectivity index (χ0) is 12.4. The van der Waals surface area contributed by atoms with Crippen molar-refractivity contribution >= 4 is 23.2 Å². The lowest BCUT2D eigenvalue weighted by Crippen LogP contribution is -1.95. The molecular formula is C11H7Cl2FN2O. The molecule has 1 heterocycles. The molecule has 3 nitrogen and oxygen atoms in total. The van der Waals surface area contributed by atoms with Crippen LogP contribution in [0.25, 0.3) is 11.3 Å². The summed E-state index contributed by atoms with van der Waals surface area (Å²) in [4.78, 5) is 7.40. The van der Waals surface area contributed by atoms with Crippen LogP contribution in [-0.4, -0.2) is 17.1 Å². The van der Waals surface area contributed by atoms with E-state index < -0.39 is 5.82 Å². The van der Waals surface area contributed by atoms with Crippen molar-refractivity contribution in [1.82, 2.24) is 9.97 Å². The van der Waals surface area contributed by atoms with Crippen LogP contribution in [0.2, 0.25) is 10.2 Å². The van der Waals surface area contributed by atoms with E-state index in [2.05, 4.69) is 9.97 Å². The minimum Gasteiger partial charge on any atom is -0.496 e. The number of hydrogen-bond acceptors (Lipinski definition) is 3. The van der Waals surface area contributed by atoms with Crippen LogP contribution < -0.4 is 4.74 Å². The molecule has 6 heteroatoms. The molecule has 1 aromatic carbocycles. The van der Waals surface area contributed by atoms with Crippen LogP contribution in [0.3, 0.4) is 0 Å². The van der Waals surface area contributed by atoms with Crippen LogP contribution in [0.5, 0.6) is 5.75 Å². The van der Waals surface area contributed by atoms with E-state index >= 15 is 0 Å². The lowest BCUT2D eigenvalue weighted by molar-refractivity contribution is 0.416. The van der Waals surface area contributed by atoms with Crippen LogP contribution in [0.1, 0.15) is 0 Å². The summed E-state index contributed by atoms with van der Waals surface area (Å²) in [5.41, 5.74) is 0.492. The molecule has 0 fully saturated rings. The van der Waals surface area contributed by atoms with E-state index in [4.69, 9.17) is 27.9 Å². The van der Waals surface area contributed by atoms with E-state index in [9.17, 15) is 4.39 Å². The predicted octanol–water partition coefficient (Wildman–Crippen LogP) is 3.60. The Morgan fingerprint density at radius 1 is 1.24 bits per heavy atom. The second-order valence-corrected chi connectivity index (χ2v) is 3.97. The molecule has 1 aromatic heterocycles. The Balaban J connectivity index is 2.67. The van der Waals surface area contributed by atoms with Gasteiger partial charge in [0.15, 0.2) is 11.0 Å². The number of nitrogens with zero attached hydrogens (tertiary/aromatic N) is 2. The summed E-state index contributed by atoms with van der Waals surface area (Å²) in [6.45, 7) is 0. The van der Waals surface area contributed by atoms with Gasteiger partial charge in [0.25, 0.3) is 0 Å². The van der Waals surface area contributed by atoms with Gasteiger partial charge >= 0.3 is 0 Å². The molecule has 0 amide bonds. The molecule has 0 aliphatic rings.